The summed E-state index contributed by atoms with van der Waals surface area (Å²) in [5.74, 6) is 0.544. The first kappa shape index (κ1) is 18.1. The Hall–Kier alpha value is -3.32. The SMILES string of the molecule is Cc1ccncc1-c1cc2cc(NC(=O)C=C3CC(C)(O)C3)ncc2c(N)n1. The first-order valence-electron chi connectivity index (χ1n) is 9.01. The molecule has 4 N–H and O–H groups in total. The van der Waals surface area contributed by atoms with Gasteiger partial charge in [0.1, 0.15) is 11.6 Å². The smallest absolute Gasteiger partial charge is 0.249 e. The van der Waals surface area contributed by atoms with Gasteiger partial charge in [-0.05, 0) is 55.8 Å². The van der Waals surface area contributed by atoms with Gasteiger partial charge in [0.25, 0.3) is 0 Å². The van der Waals surface area contributed by atoms with Crippen LogP contribution in [0.15, 0.2) is 48.4 Å². The molecule has 142 valence electrons. The molecule has 0 saturated heterocycles. The minimum atomic E-state index is -0.696. The van der Waals surface area contributed by atoms with Crippen molar-refractivity contribution in [2.45, 2.75) is 32.3 Å². The molecule has 0 unspecified atom stereocenters. The van der Waals surface area contributed by atoms with E-state index in [2.05, 4.69) is 20.3 Å². The van der Waals surface area contributed by atoms with Crippen LogP contribution in [-0.4, -0.2) is 31.6 Å². The van der Waals surface area contributed by atoms with Crippen molar-refractivity contribution in [2.24, 2.45) is 0 Å². The van der Waals surface area contributed by atoms with Crippen LogP contribution in [0.1, 0.15) is 25.3 Å². The van der Waals surface area contributed by atoms with E-state index in [-0.39, 0.29) is 5.91 Å². The summed E-state index contributed by atoms with van der Waals surface area (Å²) in [7, 11) is 0. The Morgan fingerprint density at radius 1 is 1.32 bits per heavy atom. The van der Waals surface area contributed by atoms with Crippen molar-refractivity contribution in [3.8, 4) is 11.3 Å². The summed E-state index contributed by atoms with van der Waals surface area (Å²) in [6.07, 6.45) is 7.65. The number of nitrogen functional groups attached to an aromatic ring is 1. The third-order valence-electron chi connectivity index (χ3n) is 4.86. The molecule has 1 aliphatic carbocycles. The monoisotopic (exact) mass is 375 g/mol. The summed E-state index contributed by atoms with van der Waals surface area (Å²) >= 11 is 0. The van der Waals surface area contributed by atoms with Crippen LogP contribution in [0, 0.1) is 6.92 Å². The van der Waals surface area contributed by atoms with E-state index in [9.17, 15) is 9.90 Å². The van der Waals surface area contributed by atoms with Crippen LogP contribution in [0.5, 0.6) is 0 Å². The number of carbonyl (C=O) groups excluding carboxylic acids is 1. The van der Waals surface area contributed by atoms with Gasteiger partial charge in [-0.2, -0.15) is 0 Å². The molecule has 7 heteroatoms. The summed E-state index contributed by atoms with van der Waals surface area (Å²) in [5, 5.41) is 14.1. The third-order valence-corrected chi connectivity index (χ3v) is 4.86. The molecule has 7 nitrogen and oxygen atoms in total. The van der Waals surface area contributed by atoms with E-state index in [0.29, 0.717) is 24.5 Å². The molecule has 0 radical (unpaired) electrons. The first-order chi connectivity index (χ1) is 13.3. The summed E-state index contributed by atoms with van der Waals surface area (Å²) in [5.41, 5.74) is 9.02. The zero-order valence-corrected chi connectivity index (χ0v) is 15.7. The van der Waals surface area contributed by atoms with Gasteiger partial charge in [-0.15, -0.1) is 0 Å². The molecule has 3 heterocycles. The molecule has 1 saturated carbocycles. The third kappa shape index (κ3) is 3.57. The van der Waals surface area contributed by atoms with E-state index >= 15 is 0 Å². The number of fused-ring (bicyclic) bond motifs is 1. The maximum absolute atomic E-state index is 12.2. The lowest BCUT2D eigenvalue weighted by Crippen LogP contribution is -2.35. The molecule has 3 aromatic heterocycles. The molecule has 0 atom stereocenters. The number of aromatic nitrogens is 3. The number of nitrogens with one attached hydrogen (secondary N) is 1. The Morgan fingerprint density at radius 3 is 2.82 bits per heavy atom. The molecule has 0 aromatic carbocycles. The quantitative estimate of drug-likeness (QED) is 0.607. The fraction of sp³-hybridized carbons (Fsp3) is 0.238. The number of nitrogens with two attached hydrogens (primary N) is 1. The van der Waals surface area contributed by atoms with Gasteiger partial charge in [0, 0.05) is 35.6 Å². The molecular formula is C21H21N5O2. The van der Waals surface area contributed by atoms with Crippen molar-refractivity contribution >= 4 is 28.3 Å². The molecule has 4 rings (SSSR count). The van der Waals surface area contributed by atoms with Crippen LogP contribution in [-0.2, 0) is 4.79 Å². The molecule has 3 aromatic rings. The zero-order valence-electron chi connectivity index (χ0n) is 15.7. The molecule has 28 heavy (non-hydrogen) atoms. The van der Waals surface area contributed by atoms with Gasteiger partial charge < -0.3 is 16.2 Å². The van der Waals surface area contributed by atoms with E-state index in [1.54, 1.807) is 31.6 Å². The summed E-state index contributed by atoms with van der Waals surface area (Å²) in [4.78, 5) is 25.1. The van der Waals surface area contributed by atoms with Crippen molar-refractivity contribution < 1.29 is 9.90 Å². The number of aliphatic hydroxyl groups is 1. The maximum Gasteiger partial charge on any atom is 0.249 e. The highest BCUT2D eigenvalue weighted by atomic mass is 16.3. The Balaban J connectivity index is 1.63. The number of carbonyl (C=O) groups is 1. The number of pyridine rings is 3. The van der Waals surface area contributed by atoms with Crippen LogP contribution in [0.3, 0.4) is 0 Å². The van der Waals surface area contributed by atoms with E-state index in [0.717, 1.165) is 33.2 Å². The molecule has 0 spiro atoms. The first-order valence-corrected chi connectivity index (χ1v) is 9.01. The average molecular weight is 375 g/mol. The molecule has 1 amide bonds. The highest BCUT2D eigenvalue weighted by Gasteiger charge is 2.33. The number of rotatable bonds is 3. The second kappa shape index (κ2) is 6.69. The van der Waals surface area contributed by atoms with Crippen molar-refractivity contribution in [3.63, 3.8) is 0 Å². The van der Waals surface area contributed by atoms with E-state index in [1.165, 1.54) is 6.08 Å². The van der Waals surface area contributed by atoms with Gasteiger partial charge in [0.2, 0.25) is 5.91 Å². The topological polar surface area (TPSA) is 114 Å². The molecule has 1 fully saturated rings. The van der Waals surface area contributed by atoms with Gasteiger partial charge in [-0.1, -0.05) is 5.57 Å². The minimum absolute atomic E-state index is 0.261. The van der Waals surface area contributed by atoms with Crippen LogP contribution < -0.4 is 11.1 Å². The van der Waals surface area contributed by atoms with Crippen molar-refractivity contribution in [1.29, 1.82) is 0 Å². The van der Waals surface area contributed by atoms with Gasteiger partial charge in [0.05, 0.1) is 11.3 Å². The average Bonchev–Trinajstić information content (AvgIpc) is 2.60. The zero-order chi connectivity index (χ0) is 19.9. The standard InChI is InChI=1S/C21H21N5O2/c1-12-3-4-23-10-15(12)17-6-14-7-18(24-11-16(14)20(22)25-17)26-19(27)5-13-8-21(2,28)9-13/h3-7,10-11,28H,8-9H2,1-2H3,(H2,22,25)(H,24,26,27). The van der Waals surface area contributed by atoms with E-state index in [4.69, 9.17) is 5.73 Å². The second-order valence-corrected chi connectivity index (χ2v) is 7.52. The van der Waals surface area contributed by atoms with Gasteiger partial charge in [0.15, 0.2) is 0 Å². The lowest BCUT2D eigenvalue weighted by Gasteiger charge is -2.35. The largest absolute Gasteiger partial charge is 0.390 e. The van der Waals surface area contributed by atoms with Crippen LogP contribution in [0.4, 0.5) is 11.6 Å². The minimum Gasteiger partial charge on any atom is -0.390 e. The Kier molecular flexibility index (Phi) is 4.31. The Labute approximate surface area is 162 Å². The highest BCUT2D eigenvalue weighted by molar-refractivity contribution is 6.01. The number of hydrogen-bond donors (Lipinski definition) is 3. The number of anilines is 2. The predicted molar refractivity (Wildman–Crippen MR) is 108 cm³/mol. The van der Waals surface area contributed by atoms with Gasteiger partial charge >= 0.3 is 0 Å². The molecule has 1 aliphatic rings. The van der Waals surface area contributed by atoms with E-state index < -0.39 is 5.60 Å². The van der Waals surface area contributed by atoms with Gasteiger partial charge in [-0.25, -0.2) is 9.97 Å². The normalized spacial score (nSPS) is 18.6. The fourth-order valence-corrected chi connectivity index (χ4v) is 3.49. The molecule has 0 aliphatic heterocycles. The van der Waals surface area contributed by atoms with Crippen molar-refractivity contribution in [2.75, 3.05) is 11.1 Å². The summed E-state index contributed by atoms with van der Waals surface area (Å²) in [6.45, 7) is 3.75. The van der Waals surface area contributed by atoms with Crippen LogP contribution in [0.2, 0.25) is 0 Å². The van der Waals surface area contributed by atoms with Crippen molar-refractivity contribution in [1.82, 2.24) is 15.0 Å². The van der Waals surface area contributed by atoms with Crippen LogP contribution in [0.25, 0.3) is 22.0 Å². The van der Waals surface area contributed by atoms with Gasteiger partial charge in [-0.3, -0.25) is 9.78 Å². The predicted octanol–water partition coefficient (Wildman–Crippen LogP) is 2.99. The van der Waals surface area contributed by atoms with Crippen LogP contribution >= 0.6 is 0 Å². The van der Waals surface area contributed by atoms with E-state index in [1.807, 2.05) is 19.1 Å². The Bertz CT molecular complexity index is 1110. The lowest BCUT2D eigenvalue weighted by atomic mass is 9.77. The molecule has 0 bridgehead atoms. The second-order valence-electron chi connectivity index (χ2n) is 7.52. The number of nitrogens with zero attached hydrogens (tertiary/aromatic N) is 3. The number of aryl methyl sites for hydroxylation is 1. The number of amides is 1. The summed E-state index contributed by atoms with van der Waals surface area (Å²) < 4.78 is 0. The maximum atomic E-state index is 12.2. The summed E-state index contributed by atoms with van der Waals surface area (Å²) in [6, 6.07) is 5.60. The highest BCUT2D eigenvalue weighted by Crippen LogP contribution is 2.36. The Morgan fingerprint density at radius 2 is 2.11 bits per heavy atom. The van der Waals surface area contributed by atoms with Crippen molar-refractivity contribution in [3.05, 3.63) is 54.0 Å². The molecular weight excluding hydrogens is 354 g/mol. The fourth-order valence-electron chi connectivity index (χ4n) is 3.49. The lowest BCUT2D eigenvalue weighted by molar-refractivity contribution is -0.112. The number of hydrogen-bond acceptors (Lipinski definition) is 6.